The second-order valence-corrected chi connectivity index (χ2v) is 8.56. The molecule has 1 N–H and O–H groups in total. The van der Waals surface area contributed by atoms with E-state index >= 15 is 0 Å². The van der Waals surface area contributed by atoms with Gasteiger partial charge in [0.2, 0.25) is 5.91 Å². The van der Waals surface area contributed by atoms with Gasteiger partial charge in [-0.2, -0.15) is 0 Å². The summed E-state index contributed by atoms with van der Waals surface area (Å²) < 4.78 is 7.07. The third kappa shape index (κ3) is 5.09. The van der Waals surface area contributed by atoms with Gasteiger partial charge in [-0.3, -0.25) is 14.2 Å². The van der Waals surface area contributed by atoms with Crippen LogP contribution in [-0.2, 0) is 4.79 Å². The molecule has 0 atom stereocenters. The minimum atomic E-state index is -0.179. The monoisotopic (exact) mass is 459 g/mol. The topological polar surface area (TPSA) is 73.2 Å². The number of rotatable bonds is 7. The van der Waals surface area contributed by atoms with Crippen LogP contribution in [-0.4, -0.2) is 27.8 Å². The molecule has 0 unspecified atom stereocenters. The zero-order valence-corrected chi connectivity index (χ0v) is 19.6. The number of aromatic nitrogens is 2. The lowest BCUT2D eigenvalue weighted by Gasteiger charge is -2.14. The number of hydrogen-bond acceptors (Lipinski definition) is 5. The molecule has 4 rings (SSSR count). The largest absolute Gasteiger partial charge is 0.494 e. The highest BCUT2D eigenvalue weighted by molar-refractivity contribution is 7.99. The van der Waals surface area contributed by atoms with Crippen molar-refractivity contribution in [2.24, 2.45) is 0 Å². The van der Waals surface area contributed by atoms with E-state index < -0.39 is 0 Å². The number of hydrogen-bond donors (Lipinski definition) is 1. The summed E-state index contributed by atoms with van der Waals surface area (Å²) >= 11 is 1.23. The van der Waals surface area contributed by atoms with Crippen molar-refractivity contribution in [3.63, 3.8) is 0 Å². The minimum Gasteiger partial charge on any atom is -0.494 e. The third-order valence-electron chi connectivity index (χ3n) is 5.27. The van der Waals surface area contributed by atoms with Crippen molar-refractivity contribution in [2.45, 2.75) is 25.9 Å². The fourth-order valence-corrected chi connectivity index (χ4v) is 4.25. The number of benzene rings is 3. The molecule has 0 aliphatic carbocycles. The predicted octanol–water partition coefficient (Wildman–Crippen LogP) is 5.13. The molecule has 1 heterocycles. The summed E-state index contributed by atoms with van der Waals surface area (Å²) in [6, 6.07) is 20.3. The maximum atomic E-state index is 13.3. The predicted molar refractivity (Wildman–Crippen MR) is 134 cm³/mol. The van der Waals surface area contributed by atoms with Gasteiger partial charge in [0.05, 0.1) is 29.0 Å². The zero-order valence-electron chi connectivity index (χ0n) is 18.8. The van der Waals surface area contributed by atoms with Gasteiger partial charge in [0.25, 0.3) is 5.56 Å². The average molecular weight is 460 g/mol. The smallest absolute Gasteiger partial charge is 0.266 e. The highest BCUT2D eigenvalue weighted by Gasteiger charge is 2.15. The molecule has 168 valence electrons. The van der Waals surface area contributed by atoms with Gasteiger partial charge >= 0.3 is 0 Å². The quantitative estimate of drug-likeness (QED) is 0.306. The van der Waals surface area contributed by atoms with Crippen molar-refractivity contribution in [2.75, 3.05) is 17.7 Å². The first kappa shape index (κ1) is 22.6. The van der Waals surface area contributed by atoms with Crippen molar-refractivity contribution in [1.82, 2.24) is 9.55 Å². The Hall–Kier alpha value is -3.58. The molecule has 4 aromatic rings. The van der Waals surface area contributed by atoms with Gasteiger partial charge < -0.3 is 10.1 Å². The van der Waals surface area contributed by atoms with E-state index in [0.29, 0.717) is 28.4 Å². The molecule has 1 aromatic heterocycles. The zero-order chi connectivity index (χ0) is 23.4. The molecule has 0 bridgehead atoms. The Balaban J connectivity index is 1.64. The molecular weight excluding hydrogens is 434 g/mol. The number of nitrogens with zero attached hydrogens (tertiary/aromatic N) is 2. The van der Waals surface area contributed by atoms with Crippen molar-refractivity contribution in [3.05, 3.63) is 88.2 Å². The van der Waals surface area contributed by atoms with Crippen molar-refractivity contribution >= 4 is 34.3 Å². The standard InChI is InChI=1S/C26H25N3O3S/c1-4-32-21-13-11-20(12-14-21)29-25(31)22-7-5-6-8-23(22)28-26(29)33-16-24(30)27-19-10-9-17(2)18(3)15-19/h5-15H,4,16H2,1-3H3,(H,27,30). The fraction of sp³-hybridized carbons (Fsp3) is 0.192. The van der Waals surface area contributed by atoms with Gasteiger partial charge in [-0.25, -0.2) is 4.98 Å². The summed E-state index contributed by atoms with van der Waals surface area (Å²) in [5.41, 5.74) is 4.12. The Morgan fingerprint density at radius 3 is 2.52 bits per heavy atom. The van der Waals surface area contributed by atoms with Gasteiger partial charge in [0.1, 0.15) is 5.75 Å². The normalized spacial score (nSPS) is 10.9. The Kier molecular flexibility index (Phi) is 6.79. The summed E-state index contributed by atoms with van der Waals surface area (Å²) in [6.45, 7) is 6.52. The number of nitrogens with one attached hydrogen (secondary N) is 1. The van der Waals surface area contributed by atoms with E-state index in [1.165, 1.54) is 17.3 Å². The molecule has 0 aliphatic rings. The van der Waals surface area contributed by atoms with Crippen LogP contribution in [0.3, 0.4) is 0 Å². The van der Waals surface area contributed by atoms with Crippen molar-refractivity contribution in [3.8, 4) is 11.4 Å². The van der Waals surface area contributed by atoms with Crippen LogP contribution in [0.1, 0.15) is 18.1 Å². The van der Waals surface area contributed by atoms with Crippen LogP contribution in [0, 0.1) is 13.8 Å². The summed E-state index contributed by atoms with van der Waals surface area (Å²) in [7, 11) is 0. The van der Waals surface area contributed by atoms with E-state index in [4.69, 9.17) is 9.72 Å². The average Bonchev–Trinajstić information content (AvgIpc) is 2.81. The highest BCUT2D eigenvalue weighted by Crippen LogP contribution is 2.23. The summed E-state index contributed by atoms with van der Waals surface area (Å²) in [4.78, 5) is 30.7. The van der Waals surface area contributed by atoms with Crippen LogP contribution in [0.2, 0.25) is 0 Å². The van der Waals surface area contributed by atoms with Crippen LogP contribution in [0.5, 0.6) is 5.75 Å². The van der Waals surface area contributed by atoms with Crippen molar-refractivity contribution in [1.29, 1.82) is 0 Å². The molecule has 33 heavy (non-hydrogen) atoms. The lowest BCUT2D eigenvalue weighted by Crippen LogP contribution is -2.23. The number of amides is 1. The summed E-state index contributed by atoms with van der Waals surface area (Å²) in [6.07, 6.45) is 0. The molecule has 0 radical (unpaired) electrons. The number of anilines is 1. The maximum Gasteiger partial charge on any atom is 0.266 e. The molecule has 0 saturated carbocycles. The Labute approximate surface area is 196 Å². The van der Waals surface area contributed by atoms with E-state index in [-0.39, 0.29) is 17.2 Å². The second-order valence-electron chi connectivity index (χ2n) is 7.61. The van der Waals surface area contributed by atoms with Crippen LogP contribution < -0.4 is 15.6 Å². The number of fused-ring (bicyclic) bond motifs is 1. The number of thioether (sulfide) groups is 1. The summed E-state index contributed by atoms with van der Waals surface area (Å²) in [5, 5.41) is 3.90. The Morgan fingerprint density at radius 1 is 1.03 bits per heavy atom. The van der Waals surface area contributed by atoms with E-state index in [9.17, 15) is 9.59 Å². The van der Waals surface area contributed by atoms with Gasteiger partial charge in [0.15, 0.2) is 5.16 Å². The number of carbonyl (C=O) groups is 1. The first-order valence-corrected chi connectivity index (χ1v) is 11.7. The SMILES string of the molecule is CCOc1ccc(-n2c(SCC(=O)Nc3ccc(C)c(C)c3)nc3ccccc3c2=O)cc1. The number of ether oxygens (including phenoxy) is 1. The van der Waals surface area contributed by atoms with Gasteiger partial charge in [-0.05, 0) is 80.4 Å². The van der Waals surface area contributed by atoms with Crippen LogP contribution in [0.25, 0.3) is 16.6 Å². The third-order valence-corrected chi connectivity index (χ3v) is 6.21. The Bertz CT molecular complexity index is 1360. The molecule has 0 saturated heterocycles. The van der Waals surface area contributed by atoms with Crippen molar-refractivity contribution < 1.29 is 9.53 Å². The van der Waals surface area contributed by atoms with Gasteiger partial charge in [-0.1, -0.05) is 30.0 Å². The van der Waals surface area contributed by atoms with Crippen LogP contribution in [0.4, 0.5) is 5.69 Å². The van der Waals surface area contributed by atoms with E-state index in [2.05, 4.69) is 5.32 Å². The molecule has 7 heteroatoms. The maximum absolute atomic E-state index is 13.3. The molecule has 1 amide bonds. The first-order valence-electron chi connectivity index (χ1n) is 10.7. The molecule has 0 aliphatic heterocycles. The summed E-state index contributed by atoms with van der Waals surface area (Å²) in [5.74, 6) is 0.684. The molecular formula is C26H25N3O3S. The number of aryl methyl sites for hydroxylation is 2. The first-order chi connectivity index (χ1) is 16.0. The lowest BCUT2D eigenvalue weighted by molar-refractivity contribution is -0.113. The molecule has 0 fully saturated rings. The van der Waals surface area contributed by atoms with Gasteiger partial charge in [-0.15, -0.1) is 0 Å². The van der Waals surface area contributed by atoms with E-state index in [1.54, 1.807) is 16.7 Å². The van der Waals surface area contributed by atoms with E-state index in [1.807, 2.05) is 75.4 Å². The minimum absolute atomic E-state index is 0.120. The van der Waals surface area contributed by atoms with Gasteiger partial charge in [0, 0.05) is 5.69 Å². The number of para-hydroxylation sites is 1. The molecule has 6 nitrogen and oxygen atoms in total. The molecule has 0 spiro atoms. The van der Waals surface area contributed by atoms with Crippen LogP contribution >= 0.6 is 11.8 Å². The van der Waals surface area contributed by atoms with E-state index in [0.717, 1.165) is 17.0 Å². The molecule has 3 aromatic carbocycles. The Morgan fingerprint density at radius 2 is 1.79 bits per heavy atom. The lowest BCUT2D eigenvalue weighted by atomic mass is 10.1. The second kappa shape index (κ2) is 9.92. The number of carbonyl (C=O) groups excluding carboxylic acids is 1. The highest BCUT2D eigenvalue weighted by atomic mass is 32.2. The van der Waals surface area contributed by atoms with Crippen LogP contribution in [0.15, 0.2) is 76.7 Å². The fourth-order valence-electron chi connectivity index (χ4n) is 3.44.